The van der Waals surface area contributed by atoms with Gasteiger partial charge in [-0.3, -0.25) is 47.9 Å². The van der Waals surface area contributed by atoms with Crippen LogP contribution >= 0.6 is 0 Å². The molecule has 25 heteroatoms. The summed E-state index contributed by atoms with van der Waals surface area (Å²) in [5, 5.41) is 60.1. The van der Waals surface area contributed by atoms with Crippen LogP contribution in [0.3, 0.4) is 0 Å². The Hall–Kier alpha value is -5.95. The highest BCUT2D eigenvalue weighted by Crippen LogP contribution is 2.26. The van der Waals surface area contributed by atoms with Crippen molar-refractivity contribution in [3.05, 3.63) is 0 Å². The first-order valence-corrected chi connectivity index (χ1v) is 22.4. The fraction of sp³-hybridized carbons (Fsp3) is 0.732. The number of aliphatic hydroxyl groups is 2. The zero-order chi connectivity index (χ0) is 49.1. The van der Waals surface area contributed by atoms with Crippen LogP contribution in [0.2, 0.25) is 0 Å². The molecule has 0 aromatic rings. The number of carbonyl (C=O) groups is 11. The maximum Gasteiger partial charge on any atom is 0.326 e. The van der Waals surface area contributed by atoms with Gasteiger partial charge in [0.15, 0.2) is 0 Å². The van der Waals surface area contributed by atoms with Gasteiger partial charge in [0.05, 0.1) is 13.2 Å². The SMILES string of the molecule is CCCC(=O)N[C@@H](CCCCN)C(=O)N1CCC[C@H]1C(=O)N[C@@H](CO)C(=O)N[C@H](CO)C(=O)N1CCC[C@H]1C(=O)N1CCC[C@H]1C(=O)N[C@@H](CCC(=O)O)C(=O)N[C@@H](CCC(=O)O)C(=O)O. The number of amides is 8. The van der Waals surface area contributed by atoms with E-state index in [0.717, 1.165) is 4.90 Å². The molecule has 25 nitrogen and oxygen atoms in total. The summed E-state index contributed by atoms with van der Waals surface area (Å²) < 4.78 is 0. The lowest BCUT2D eigenvalue weighted by atomic mass is 10.1. The molecule has 3 aliphatic rings. The van der Waals surface area contributed by atoms with Crippen molar-refractivity contribution >= 4 is 65.2 Å². The zero-order valence-corrected chi connectivity index (χ0v) is 37.1. The van der Waals surface area contributed by atoms with Crippen LogP contribution in [-0.4, -0.2) is 193 Å². The van der Waals surface area contributed by atoms with Gasteiger partial charge in [0.25, 0.3) is 0 Å². The van der Waals surface area contributed by atoms with Crippen molar-refractivity contribution in [1.82, 2.24) is 41.3 Å². The quantitative estimate of drug-likeness (QED) is 0.0351. The Labute approximate surface area is 380 Å². The van der Waals surface area contributed by atoms with E-state index < -0.39 is 146 Å². The lowest BCUT2D eigenvalue weighted by molar-refractivity contribution is -0.149. The summed E-state index contributed by atoms with van der Waals surface area (Å²) in [5.74, 6) is -10.4. The molecule has 66 heavy (non-hydrogen) atoms. The smallest absolute Gasteiger partial charge is 0.326 e. The van der Waals surface area contributed by atoms with Gasteiger partial charge in [0.2, 0.25) is 47.3 Å². The monoisotopic (exact) mass is 939 g/mol. The van der Waals surface area contributed by atoms with Crippen molar-refractivity contribution in [1.29, 1.82) is 0 Å². The van der Waals surface area contributed by atoms with Crippen LogP contribution < -0.4 is 32.3 Å². The maximum atomic E-state index is 14.1. The summed E-state index contributed by atoms with van der Waals surface area (Å²) >= 11 is 0. The molecule has 0 radical (unpaired) electrons. The van der Waals surface area contributed by atoms with Crippen LogP contribution in [0.25, 0.3) is 0 Å². The van der Waals surface area contributed by atoms with E-state index >= 15 is 0 Å². The van der Waals surface area contributed by atoms with Gasteiger partial charge < -0.3 is 72.5 Å². The number of carboxylic acid groups (broad SMARTS) is 3. The fourth-order valence-corrected chi connectivity index (χ4v) is 8.25. The summed E-state index contributed by atoms with van der Waals surface area (Å²) in [6.07, 6.45) is 1.50. The van der Waals surface area contributed by atoms with Gasteiger partial charge in [0, 0.05) is 38.9 Å². The van der Waals surface area contributed by atoms with Gasteiger partial charge in [-0.1, -0.05) is 6.92 Å². The highest BCUT2D eigenvalue weighted by molar-refractivity contribution is 5.98. The van der Waals surface area contributed by atoms with Crippen molar-refractivity contribution < 1.29 is 78.3 Å². The summed E-state index contributed by atoms with van der Waals surface area (Å²) in [4.78, 5) is 145. The number of unbranched alkanes of at least 4 members (excludes halogenated alkanes) is 1. The van der Waals surface area contributed by atoms with Crippen molar-refractivity contribution in [2.75, 3.05) is 39.4 Å². The van der Waals surface area contributed by atoms with Gasteiger partial charge in [-0.15, -0.1) is 0 Å². The fourth-order valence-electron chi connectivity index (χ4n) is 8.25. The minimum Gasteiger partial charge on any atom is -0.481 e. The van der Waals surface area contributed by atoms with Crippen molar-refractivity contribution in [3.8, 4) is 0 Å². The highest BCUT2D eigenvalue weighted by atomic mass is 16.4. The topological polar surface area (TPSA) is 385 Å². The van der Waals surface area contributed by atoms with E-state index in [4.69, 9.17) is 10.8 Å². The van der Waals surface area contributed by atoms with Crippen LogP contribution in [0.4, 0.5) is 0 Å². The molecule has 0 aliphatic carbocycles. The zero-order valence-electron chi connectivity index (χ0n) is 37.1. The minimum atomic E-state index is -1.67. The molecule has 8 amide bonds. The van der Waals surface area contributed by atoms with Gasteiger partial charge in [-0.25, -0.2) is 4.79 Å². The summed E-state index contributed by atoms with van der Waals surface area (Å²) in [6, 6.07) is -10.9. The van der Waals surface area contributed by atoms with E-state index in [1.165, 1.54) is 9.80 Å². The maximum absolute atomic E-state index is 14.1. The van der Waals surface area contributed by atoms with E-state index in [1.54, 1.807) is 0 Å². The van der Waals surface area contributed by atoms with Crippen molar-refractivity contribution in [2.24, 2.45) is 5.73 Å². The second-order valence-electron chi connectivity index (χ2n) is 16.5. The molecule has 3 saturated heterocycles. The van der Waals surface area contributed by atoms with E-state index in [2.05, 4.69) is 26.6 Å². The Morgan fingerprint density at radius 1 is 0.545 bits per heavy atom. The lowest BCUT2D eigenvalue weighted by Crippen LogP contribution is -2.61. The van der Waals surface area contributed by atoms with Crippen LogP contribution in [0.15, 0.2) is 0 Å². The standard InChI is InChI=1S/C41H65N9O16/c1-2-8-31(53)43-24(9-3-4-17-42)38(62)48-18-5-10-28(48)37(61)46-26(21-51)35(59)47-27(22-52)39(63)50-20-7-12-30(50)40(64)49-19-6-11-29(49)36(60)44-23(13-15-32(54)55)34(58)45-25(41(65)66)14-16-33(56)57/h23-30,51-52H,2-22,42H2,1H3,(H,43,53)(H,44,60)(H,45,58)(H,46,61)(H,47,59)(H,54,55)(H,56,57)(H,65,66)/t23-,24-,25-,26-,27+,28-,29-,30-/m0/s1. The number of aliphatic hydroxyl groups excluding tert-OH is 2. The number of aliphatic carboxylic acids is 3. The molecule has 3 aliphatic heterocycles. The Morgan fingerprint density at radius 2 is 1.02 bits per heavy atom. The summed E-state index contributed by atoms with van der Waals surface area (Å²) in [5.41, 5.74) is 5.61. The average molecular weight is 940 g/mol. The molecule has 0 aromatic heterocycles. The molecule has 8 atom stereocenters. The summed E-state index contributed by atoms with van der Waals surface area (Å²) in [6.45, 7) is 0.553. The van der Waals surface area contributed by atoms with E-state index in [1.807, 2.05) is 6.92 Å². The molecule has 3 fully saturated rings. The number of carbonyl (C=O) groups excluding carboxylic acids is 8. The molecule has 3 rings (SSSR count). The lowest BCUT2D eigenvalue weighted by Gasteiger charge is -2.33. The molecule has 12 N–H and O–H groups in total. The highest BCUT2D eigenvalue weighted by Gasteiger charge is 2.45. The first kappa shape index (κ1) is 54.4. The molecule has 0 unspecified atom stereocenters. The number of hydrogen-bond acceptors (Lipinski definition) is 14. The van der Waals surface area contributed by atoms with Crippen LogP contribution in [0, 0.1) is 0 Å². The second-order valence-corrected chi connectivity index (χ2v) is 16.5. The number of likely N-dealkylation sites (tertiary alicyclic amines) is 3. The predicted octanol–water partition coefficient (Wildman–Crippen LogP) is -3.89. The number of hydrogen-bond donors (Lipinski definition) is 11. The van der Waals surface area contributed by atoms with Crippen LogP contribution in [0.5, 0.6) is 0 Å². The Kier molecular flexibility index (Phi) is 22.1. The molecular weight excluding hydrogens is 874 g/mol. The molecule has 0 aromatic carbocycles. The molecule has 3 heterocycles. The first-order chi connectivity index (χ1) is 31.4. The Morgan fingerprint density at radius 3 is 1.55 bits per heavy atom. The van der Waals surface area contributed by atoms with E-state index in [-0.39, 0.29) is 51.2 Å². The van der Waals surface area contributed by atoms with Gasteiger partial charge in [0.1, 0.15) is 48.3 Å². The van der Waals surface area contributed by atoms with Crippen molar-refractivity contribution in [2.45, 2.75) is 152 Å². The van der Waals surface area contributed by atoms with Crippen LogP contribution in [-0.2, 0) is 52.7 Å². The molecular formula is C41H65N9O16. The van der Waals surface area contributed by atoms with Gasteiger partial charge in [-0.2, -0.15) is 0 Å². The number of rotatable bonds is 27. The van der Waals surface area contributed by atoms with Gasteiger partial charge in [-0.05, 0) is 83.6 Å². The van der Waals surface area contributed by atoms with Gasteiger partial charge >= 0.3 is 17.9 Å². The largest absolute Gasteiger partial charge is 0.481 e. The average Bonchev–Trinajstić information content (AvgIpc) is 4.08. The Bertz CT molecular complexity index is 1780. The minimum absolute atomic E-state index is 0.00813. The first-order valence-electron chi connectivity index (χ1n) is 22.4. The van der Waals surface area contributed by atoms with E-state index in [0.29, 0.717) is 51.5 Å². The second kappa shape index (κ2) is 26.9. The van der Waals surface area contributed by atoms with Crippen molar-refractivity contribution in [3.63, 3.8) is 0 Å². The number of nitrogens with two attached hydrogens (primary N) is 1. The third-order valence-corrected chi connectivity index (χ3v) is 11.7. The molecule has 370 valence electrons. The number of nitrogens with one attached hydrogen (secondary N) is 5. The molecule has 0 saturated carbocycles. The number of carboxylic acids is 3. The molecule has 0 bridgehead atoms. The molecule has 0 spiro atoms. The van der Waals surface area contributed by atoms with E-state index in [9.17, 15) is 73.2 Å². The summed E-state index contributed by atoms with van der Waals surface area (Å²) in [7, 11) is 0. The predicted molar refractivity (Wildman–Crippen MR) is 227 cm³/mol. The van der Waals surface area contributed by atoms with Crippen LogP contribution in [0.1, 0.15) is 103 Å². The number of nitrogens with zero attached hydrogens (tertiary/aromatic N) is 3. The third kappa shape index (κ3) is 15.6. The normalized spacial score (nSPS) is 20.3. The Balaban J connectivity index is 1.69. The third-order valence-electron chi connectivity index (χ3n) is 11.7.